The minimum atomic E-state index is -0.467. The molecule has 0 aromatic heterocycles. The molecule has 1 aromatic carbocycles. The zero-order valence-corrected chi connectivity index (χ0v) is 11.9. The molecular weight excluding hydrogens is 286 g/mol. The van der Waals surface area contributed by atoms with E-state index in [2.05, 4.69) is 5.32 Å². The van der Waals surface area contributed by atoms with Gasteiger partial charge in [-0.1, -0.05) is 0 Å². The maximum atomic E-state index is 13.5. The van der Waals surface area contributed by atoms with Crippen LogP contribution >= 0.6 is 12.4 Å². The number of carbonyl (C=O) groups is 1. The SMILES string of the molecule is Cl.NCCCCNC(=O)C1CC1c1cc(F)ccc1F. The molecule has 1 amide bonds. The predicted molar refractivity (Wildman–Crippen MR) is 75.8 cm³/mol. The van der Waals surface area contributed by atoms with Crippen LogP contribution in [0.5, 0.6) is 0 Å². The van der Waals surface area contributed by atoms with Crippen LogP contribution in [0.2, 0.25) is 0 Å². The highest BCUT2D eigenvalue weighted by molar-refractivity contribution is 5.85. The van der Waals surface area contributed by atoms with Crippen molar-refractivity contribution in [3.05, 3.63) is 35.4 Å². The fourth-order valence-electron chi connectivity index (χ4n) is 2.24. The minimum absolute atomic E-state index is 0. The minimum Gasteiger partial charge on any atom is -0.356 e. The number of carbonyl (C=O) groups excluding carboxylic acids is 1. The van der Waals surface area contributed by atoms with Crippen LogP contribution in [0.1, 0.15) is 30.7 Å². The van der Waals surface area contributed by atoms with Crippen molar-refractivity contribution >= 4 is 18.3 Å². The van der Waals surface area contributed by atoms with Gasteiger partial charge in [0, 0.05) is 12.5 Å². The zero-order valence-electron chi connectivity index (χ0n) is 11.1. The molecule has 0 aliphatic heterocycles. The lowest BCUT2D eigenvalue weighted by Crippen LogP contribution is -2.26. The van der Waals surface area contributed by atoms with E-state index in [1.54, 1.807) is 0 Å². The lowest BCUT2D eigenvalue weighted by molar-refractivity contribution is -0.122. The van der Waals surface area contributed by atoms with Gasteiger partial charge in [-0.15, -0.1) is 12.4 Å². The molecule has 0 heterocycles. The van der Waals surface area contributed by atoms with E-state index in [-0.39, 0.29) is 30.2 Å². The third kappa shape index (κ3) is 4.15. The second-order valence-electron chi connectivity index (χ2n) is 4.90. The summed E-state index contributed by atoms with van der Waals surface area (Å²) in [5.74, 6) is -1.40. The van der Waals surface area contributed by atoms with Crippen molar-refractivity contribution in [2.45, 2.75) is 25.2 Å². The van der Waals surface area contributed by atoms with Crippen LogP contribution < -0.4 is 11.1 Å². The number of hydrogen-bond donors (Lipinski definition) is 2. The van der Waals surface area contributed by atoms with Gasteiger partial charge in [0.2, 0.25) is 5.91 Å². The van der Waals surface area contributed by atoms with Gasteiger partial charge in [-0.05, 0) is 55.5 Å². The van der Waals surface area contributed by atoms with E-state index in [1.165, 1.54) is 6.07 Å². The maximum Gasteiger partial charge on any atom is 0.223 e. The molecule has 0 radical (unpaired) electrons. The van der Waals surface area contributed by atoms with Gasteiger partial charge in [-0.3, -0.25) is 4.79 Å². The summed E-state index contributed by atoms with van der Waals surface area (Å²) in [6.07, 6.45) is 2.30. The molecule has 3 N–H and O–H groups in total. The van der Waals surface area contributed by atoms with Crippen molar-refractivity contribution in [3.8, 4) is 0 Å². The first-order valence-corrected chi connectivity index (χ1v) is 6.56. The summed E-state index contributed by atoms with van der Waals surface area (Å²) >= 11 is 0. The highest BCUT2D eigenvalue weighted by atomic mass is 35.5. The Morgan fingerprint density at radius 1 is 1.35 bits per heavy atom. The molecule has 2 atom stereocenters. The molecule has 2 rings (SSSR count). The van der Waals surface area contributed by atoms with Gasteiger partial charge < -0.3 is 11.1 Å². The van der Waals surface area contributed by atoms with E-state index in [4.69, 9.17) is 5.73 Å². The summed E-state index contributed by atoms with van der Waals surface area (Å²) in [5.41, 5.74) is 5.66. The van der Waals surface area contributed by atoms with Crippen LogP contribution in [-0.2, 0) is 4.79 Å². The number of hydrogen-bond acceptors (Lipinski definition) is 2. The smallest absolute Gasteiger partial charge is 0.223 e. The predicted octanol–water partition coefficient (Wildman–Crippen LogP) is 2.35. The molecule has 112 valence electrons. The summed E-state index contributed by atoms with van der Waals surface area (Å²) in [6, 6.07) is 3.38. The van der Waals surface area contributed by atoms with E-state index in [9.17, 15) is 13.6 Å². The van der Waals surface area contributed by atoms with E-state index < -0.39 is 11.6 Å². The van der Waals surface area contributed by atoms with E-state index in [0.717, 1.165) is 25.0 Å². The molecule has 0 bridgehead atoms. The molecule has 0 saturated heterocycles. The largest absolute Gasteiger partial charge is 0.356 e. The first-order valence-electron chi connectivity index (χ1n) is 6.56. The highest BCUT2D eigenvalue weighted by Crippen LogP contribution is 2.48. The normalized spacial score (nSPS) is 20.1. The molecule has 1 aromatic rings. The maximum absolute atomic E-state index is 13.5. The summed E-state index contributed by atoms with van der Waals surface area (Å²) in [5, 5.41) is 2.80. The van der Waals surface area contributed by atoms with Crippen LogP contribution in [0.3, 0.4) is 0 Å². The number of amides is 1. The van der Waals surface area contributed by atoms with Crippen molar-refractivity contribution < 1.29 is 13.6 Å². The number of benzene rings is 1. The number of halogens is 3. The zero-order chi connectivity index (χ0) is 13.8. The molecular formula is C14H19ClF2N2O. The number of unbranched alkanes of at least 4 members (excludes halogenated alkanes) is 1. The Kier molecular flexibility index (Phi) is 6.36. The van der Waals surface area contributed by atoms with Crippen LogP contribution in [0.4, 0.5) is 8.78 Å². The van der Waals surface area contributed by atoms with Gasteiger partial charge in [-0.25, -0.2) is 8.78 Å². The van der Waals surface area contributed by atoms with E-state index in [0.29, 0.717) is 25.1 Å². The van der Waals surface area contributed by atoms with Crippen molar-refractivity contribution in [1.29, 1.82) is 0 Å². The number of nitrogens with one attached hydrogen (secondary N) is 1. The van der Waals surface area contributed by atoms with Gasteiger partial charge in [0.15, 0.2) is 0 Å². The van der Waals surface area contributed by atoms with Crippen LogP contribution in [0, 0.1) is 17.6 Å². The fourth-order valence-corrected chi connectivity index (χ4v) is 2.24. The van der Waals surface area contributed by atoms with E-state index >= 15 is 0 Å². The first kappa shape index (κ1) is 16.9. The average molecular weight is 305 g/mol. The third-order valence-corrected chi connectivity index (χ3v) is 3.41. The lowest BCUT2D eigenvalue weighted by Gasteiger charge is -2.05. The Hall–Kier alpha value is -1.20. The number of rotatable bonds is 6. The monoisotopic (exact) mass is 304 g/mol. The quantitative estimate of drug-likeness (QED) is 0.793. The Bertz CT molecular complexity index is 470. The van der Waals surface area contributed by atoms with Crippen molar-refractivity contribution in [1.82, 2.24) is 5.32 Å². The standard InChI is InChI=1S/C14H18F2N2O.ClH/c15-9-3-4-13(16)11(7-9)10-8-12(10)14(19)18-6-2-1-5-17;/h3-4,7,10,12H,1-2,5-6,8,17H2,(H,18,19);1H. The average Bonchev–Trinajstić information content (AvgIpc) is 3.17. The van der Waals surface area contributed by atoms with E-state index in [1.807, 2.05) is 0 Å². The van der Waals surface area contributed by atoms with Crippen molar-refractivity contribution in [2.75, 3.05) is 13.1 Å². The van der Waals surface area contributed by atoms with Crippen molar-refractivity contribution in [3.63, 3.8) is 0 Å². The van der Waals surface area contributed by atoms with Gasteiger partial charge in [0.1, 0.15) is 11.6 Å². The molecule has 1 fully saturated rings. The Labute approximate surface area is 123 Å². The van der Waals surface area contributed by atoms with Crippen molar-refractivity contribution in [2.24, 2.45) is 11.7 Å². The second-order valence-corrected chi connectivity index (χ2v) is 4.90. The molecule has 3 nitrogen and oxygen atoms in total. The highest BCUT2D eigenvalue weighted by Gasteiger charge is 2.45. The molecule has 0 spiro atoms. The second kappa shape index (κ2) is 7.55. The third-order valence-electron chi connectivity index (χ3n) is 3.41. The summed E-state index contributed by atoms with van der Waals surface area (Å²) in [4.78, 5) is 11.8. The summed E-state index contributed by atoms with van der Waals surface area (Å²) in [7, 11) is 0. The van der Waals surface area contributed by atoms with Crippen LogP contribution in [-0.4, -0.2) is 19.0 Å². The molecule has 1 saturated carbocycles. The van der Waals surface area contributed by atoms with Gasteiger partial charge in [-0.2, -0.15) is 0 Å². The first-order chi connectivity index (χ1) is 9.13. The Morgan fingerprint density at radius 2 is 2.10 bits per heavy atom. The Balaban J connectivity index is 0.00000200. The van der Waals surface area contributed by atoms with Crippen LogP contribution in [0.25, 0.3) is 0 Å². The summed E-state index contributed by atoms with van der Waals surface area (Å²) < 4.78 is 26.6. The molecule has 20 heavy (non-hydrogen) atoms. The number of nitrogens with two attached hydrogens (primary N) is 1. The van der Waals surface area contributed by atoms with Gasteiger partial charge in [0.25, 0.3) is 0 Å². The fraction of sp³-hybridized carbons (Fsp3) is 0.500. The lowest BCUT2D eigenvalue weighted by atomic mass is 10.1. The van der Waals surface area contributed by atoms with Gasteiger partial charge in [0.05, 0.1) is 0 Å². The molecule has 2 unspecified atom stereocenters. The molecule has 1 aliphatic rings. The van der Waals surface area contributed by atoms with Gasteiger partial charge >= 0.3 is 0 Å². The molecule has 1 aliphatic carbocycles. The topological polar surface area (TPSA) is 55.1 Å². The van der Waals surface area contributed by atoms with Crippen LogP contribution in [0.15, 0.2) is 18.2 Å². The Morgan fingerprint density at radius 3 is 2.80 bits per heavy atom. The summed E-state index contributed by atoms with van der Waals surface area (Å²) in [6.45, 7) is 1.20. The molecule has 6 heteroatoms.